The molecule has 0 unspecified atom stereocenters. The average molecular weight is 305 g/mol. The molecule has 1 atom stereocenters. The summed E-state index contributed by atoms with van der Waals surface area (Å²) in [5.74, 6) is 0.294. The molecule has 0 aliphatic rings. The normalized spacial score (nSPS) is 11.7. The molecule has 114 valence electrons. The maximum atomic E-state index is 12.9. The van der Waals surface area contributed by atoms with Gasteiger partial charge in [-0.05, 0) is 24.5 Å². The summed E-state index contributed by atoms with van der Waals surface area (Å²) < 4.78 is 18.2. The van der Waals surface area contributed by atoms with Gasteiger partial charge in [-0.25, -0.2) is 4.39 Å². The van der Waals surface area contributed by atoms with Crippen LogP contribution in [0.2, 0.25) is 0 Å². The van der Waals surface area contributed by atoms with Crippen LogP contribution in [0, 0.1) is 11.7 Å². The second-order valence-corrected chi connectivity index (χ2v) is 4.83. The lowest BCUT2D eigenvalue weighted by Gasteiger charge is -2.14. The van der Waals surface area contributed by atoms with Gasteiger partial charge in [-0.1, -0.05) is 19.9 Å². The number of carbonyl (C=O) groups excluding carboxylic acids is 1. The van der Waals surface area contributed by atoms with Crippen molar-refractivity contribution in [2.45, 2.75) is 26.3 Å². The standard InChI is InChI=1S/C14H21FN2O2.ClH/c1-10(2)8-13(16)14(18)17-6-7-19-12-5-3-4-11(15)9-12;/h3-5,9-10,13H,6-8,16H2,1-2H3,(H,17,18);1H/t13-;/m0./s1. The largest absolute Gasteiger partial charge is 0.492 e. The number of nitrogens with one attached hydrogen (secondary N) is 1. The molecule has 0 saturated heterocycles. The monoisotopic (exact) mass is 304 g/mol. The lowest BCUT2D eigenvalue weighted by molar-refractivity contribution is -0.122. The fourth-order valence-electron chi connectivity index (χ4n) is 1.65. The van der Waals surface area contributed by atoms with E-state index >= 15 is 0 Å². The molecule has 0 spiro atoms. The molecule has 3 N–H and O–H groups in total. The molecule has 4 nitrogen and oxygen atoms in total. The van der Waals surface area contributed by atoms with Crippen LogP contribution in [0.3, 0.4) is 0 Å². The van der Waals surface area contributed by atoms with Crippen molar-refractivity contribution in [2.75, 3.05) is 13.2 Å². The van der Waals surface area contributed by atoms with E-state index in [1.807, 2.05) is 13.8 Å². The topological polar surface area (TPSA) is 64.4 Å². The van der Waals surface area contributed by atoms with E-state index < -0.39 is 6.04 Å². The average Bonchev–Trinajstić information content (AvgIpc) is 2.33. The van der Waals surface area contributed by atoms with Gasteiger partial charge >= 0.3 is 0 Å². The number of benzene rings is 1. The zero-order valence-corrected chi connectivity index (χ0v) is 12.6. The molecule has 0 radical (unpaired) electrons. The zero-order valence-electron chi connectivity index (χ0n) is 11.8. The number of rotatable bonds is 7. The van der Waals surface area contributed by atoms with Crippen molar-refractivity contribution in [1.82, 2.24) is 5.32 Å². The molecule has 0 aliphatic carbocycles. The summed E-state index contributed by atoms with van der Waals surface area (Å²) in [7, 11) is 0. The van der Waals surface area contributed by atoms with Crippen molar-refractivity contribution in [3.05, 3.63) is 30.1 Å². The maximum absolute atomic E-state index is 12.9. The van der Waals surface area contributed by atoms with Gasteiger partial charge in [-0.2, -0.15) is 0 Å². The van der Waals surface area contributed by atoms with Gasteiger partial charge in [-0.15, -0.1) is 12.4 Å². The van der Waals surface area contributed by atoms with Gasteiger partial charge < -0.3 is 15.8 Å². The molecule has 6 heteroatoms. The lowest BCUT2D eigenvalue weighted by Crippen LogP contribution is -2.42. The third kappa shape index (κ3) is 7.31. The van der Waals surface area contributed by atoms with Crippen molar-refractivity contribution in [2.24, 2.45) is 11.7 Å². The first-order valence-electron chi connectivity index (χ1n) is 6.40. The van der Waals surface area contributed by atoms with Crippen molar-refractivity contribution in [3.63, 3.8) is 0 Å². The molecule has 1 amide bonds. The molecule has 0 fully saturated rings. The molecule has 1 aromatic carbocycles. The van der Waals surface area contributed by atoms with Crippen molar-refractivity contribution >= 4 is 18.3 Å². The van der Waals surface area contributed by atoms with E-state index in [4.69, 9.17) is 10.5 Å². The summed E-state index contributed by atoms with van der Waals surface area (Å²) in [4.78, 5) is 11.6. The Morgan fingerprint density at radius 1 is 1.45 bits per heavy atom. The van der Waals surface area contributed by atoms with Crippen LogP contribution >= 0.6 is 12.4 Å². The van der Waals surface area contributed by atoms with Crippen molar-refractivity contribution < 1.29 is 13.9 Å². The first kappa shape index (κ1) is 18.7. The number of nitrogens with two attached hydrogens (primary N) is 1. The highest BCUT2D eigenvalue weighted by atomic mass is 35.5. The highest BCUT2D eigenvalue weighted by Gasteiger charge is 2.13. The first-order chi connectivity index (χ1) is 8.99. The number of ether oxygens (including phenoxy) is 1. The summed E-state index contributed by atoms with van der Waals surface area (Å²) in [6.07, 6.45) is 0.649. The number of carbonyl (C=O) groups is 1. The first-order valence-corrected chi connectivity index (χ1v) is 6.40. The van der Waals surface area contributed by atoms with Crippen LogP contribution in [0.15, 0.2) is 24.3 Å². The van der Waals surface area contributed by atoms with Gasteiger partial charge in [0.1, 0.15) is 18.2 Å². The van der Waals surface area contributed by atoms with Crippen LogP contribution < -0.4 is 15.8 Å². The smallest absolute Gasteiger partial charge is 0.237 e. The van der Waals surface area contributed by atoms with E-state index in [-0.39, 0.29) is 30.7 Å². The Labute approximate surface area is 125 Å². The van der Waals surface area contributed by atoms with E-state index in [0.29, 0.717) is 24.6 Å². The van der Waals surface area contributed by atoms with E-state index in [2.05, 4.69) is 5.32 Å². The second-order valence-electron chi connectivity index (χ2n) is 4.83. The third-order valence-electron chi connectivity index (χ3n) is 2.53. The third-order valence-corrected chi connectivity index (χ3v) is 2.53. The summed E-state index contributed by atoms with van der Waals surface area (Å²) >= 11 is 0. The molecular formula is C14H22ClFN2O2. The van der Waals surface area contributed by atoms with Crippen LogP contribution in [-0.2, 0) is 4.79 Å². The minimum absolute atomic E-state index is 0. The minimum Gasteiger partial charge on any atom is -0.492 e. The number of halogens is 2. The van der Waals surface area contributed by atoms with Crippen molar-refractivity contribution in [1.29, 1.82) is 0 Å². The summed E-state index contributed by atoms with van der Waals surface area (Å²) in [5.41, 5.74) is 5.73. The van der Waals surface area contributed by atoms with Gasteiger partial charge in [0.15, 0.2) is 0 Å². The predicted molar refractivity (Wildman–Crippen MR) is 79.6 cm³/mol. The number of hydrogen-bond acceptors (Lipinski definition) is 3. The molecule has 1 rings (SSSR count). The maximum Gasteiger partial charge on any atom is 0.237 e. The predicted octanol–water partition coefficient (Wildman–Crippen LogP) is 2.12. The summed E-state index contributed by atoms with van der Waals surface area (Å²) in [6, 6.07) is 5.39. The highest BCUT2D eigenvalue weighted by molar-refractivity contribution is 5.85. The molecule has 0 saturated carbocycles. The SMILES string of the molecule is CC(C)C[C@H](N)C(=O)NCCOc1cccc(F)c1.Cl. The van der Waals surface area contributed by atoms with Crippen LogP contribution in [0.25, 0.3) is 0 Å². The molecule has 0 heterocycles. The Morgan fingerprint density at radius 3 is 2.75 bits per heavy atom. The van der Waals surface area contributed by atoms with E-state index in [1.54, 1.807) is 12.1 Å². The Hall–Kier alpha value is -1.33. The fourth-order valence-corrected chi connectivity index (χ4v) is 1.65. The van der Waals surface area contributed by atoms with Gasteiger partial charge in [-0.3, -0.25) is 4.79 Å². The van der Waals surface area contributed by atoms with Gasteiger partial charge in [0.2, 0.25) is 5.91 Å². The van der Waals surface area contributed by atoms with Crippen LogP contribution in [0.5, 0.6) is 5.75 Å². The Kier molecular flexibility index (Phi) is 8.92. The fraction of sp³-hybridized carbons (Fsp3) is 0.500. The quantitative estimate of drug-likeness (QED) is 0.758. The molecule has 0 aliphatic heterocycles. The summed E-state index contributed by atoms with van der Waals surface area (Å²) in [5, 5.41) is 2.69. The lowest BCUT2D eigenvalue weighted by atomic mass is 10.0. The zero-order chi connectivity index (χ0) is 14.3. The molecule has 20 heavy (non-hydrogen) atoms. The van der Waals surface area contributed by atoms with Crippen molar-refractivity contribution in [3.8, 4) is 5.75 Å². The van der Waals surface area contributed by atoms with Crippen LogP contribution in [-0.4, -0.2) is 25.1 Å². The molecule has 0 bridgehead atoms. The van der Waals surface area contributed by atoms with Gasteiger partial charge in [0.25, 0.3) is 0 Å². The number of amides is 1. The Bertz CT molecular complexity index is 416. The van der Waals surface area contributed by atoms with E-state index in [9.17, 15) is 9.18 Å². The highest BCUT2D eigenvalue weighted by Crippen LogP contribution is 2.11. The van der Waals surface area contributed by atoms with E-state index in [0.717, 1.165) is 0 Å². The van der Waals surface area contributed by atoms with Gasteiger partial charge in [0, 0.05) is 6.07 Å². The van der Waals surface area contributed by atoms with E-state index in [1.165, 1.54) is 12.1 Å². The van der Waals surface area contributed by atoms with Crippen LogP contribution in [0.1, 0.15) is 20.3 Å². The van der Waals surface area contributed by atoms with Gasteiger partial charge in [0.05, 0.1) is 12.6 Å². The summed E-state index contributed by atoms with van der Waals surface area (Å²) in [6.45, 7) is 4.66. The molecule has 1 aromatic rings. The number of hydrogen-bond donors (Lipinski definition) is 2. The Balaban J connectivity index is 0.00000361. The minimum atomic E-state index is -0.492. The molecule has 0 aromatic heterocycles. The molecular weight excluding hydrogens is 283 g/mol. The Morgan fingerprint density at radius 2 is 2.15 bits per heavy atom. The van der Waals surface area contributed by atoms with Crippen LogP contribution in [0.4, 0.5) is 4.39 Å². The second kappa shape index (κ2) is 9.55.